The molecule has 1 N–H and O–H groups in total. The Hall–Kier alpha value is -3.19. The molecule has 0 bridgehead atoms. The summed E-state index contributed by atoms with van der Waals surface area (Å²) in [5, 5.41) is 12.7. The average molecular weight is 533 g/mol. The third-order valence-corrected chi connectivity index (χ3v) is 12.6. The molecule has 0 saturated heterocycles. The second-order valence-corrected chi connectivity index (χ2v) is 12.6. The zero-order chi connectivity index (χ0) is 27.1. The molecule has 0 amide bonds. The molecular weight excluding hydrogens is 495 g/mol. The van der Waals surface area contributed by atoms with Crippen molar-refractivity contribution < 1.29 is 38.1 Å². The van der Waals surface area contributed by atoms with E-state index in [1.54, 1.807) is 42.7 Å². The van der Waals surface area contributed by atoms with Gasteiger partial charge in [0.25, 0.3) is 0 Å². The van der Waals surface area contributed by atoms with E-state index in [-0.39, 0.29) is 19.4 Å². The van der Waals surface area contributed by atoms with E-state index in [0.29, 0.717) is 50.4 Å². The van der Waals surface area contributed by atoms with Crippen LogP contribution in [0.25, 0.3) is 0 Å². The number of benzene rings is 3. The molecule has 0 saturated carbocycles. The molecule has 0 unspecified atom stereocenters. The molecule has 0 spiro atoms. The molecule has 0 fully saturated rings. The summed E-state index contributed by atoms with van der Waals surface area (Å²) >= 11 is 0. The molecule has 37 heavy (non-hydrogen) atoms. The first kappa shape index (κ1) is 28.4. The summed E-state index contributed by atoms with van der Waals surface area (Å²) in [6.45, 7) is -2.48. The van der Waals surface area contributed by atoms with Crippen molar-refractivity contribution in [2.45, 2.75) is 6.92 Å². The number of ether oxygens (including phenoxy) is 6. The molecule has 0 heterocycles. The third-order valence-electron chi connectivity index (χ3n) is 6.57. The van der Waals surface area contributed by atoms with Gasteiger partial charge in [-0.15, -0.1) is 0 Å². The Kier molecular flexibility index (Phi) is 9.13. The molecule has 202 valence electrons. The van der Waals surface area contributed by atoms with E-state index in [1.807, 2.05) is 61.5 Å². The quantitative estimate of drug-likeness (QED) is 0.335. The van der Waals surface area contributed by atoms with E-state index >= 15 is 0 Å². The molecule has 3 rings (SSSR count). The van der Waals surface area contributed by atoms with Crippen molar-refractivity contribution in [3.63, 3.8) is 0 Å². The molecule has 0 radical (unpaired) electrons. The number of rotatable bonds is 13. The molecule has 8 nitrogen and oxygen atoms in total. The van der Waals surface area contributed by atoms with Crippen LogP contribution in [0.5, 0.6) is 34.5 Å². The van der Waals surface area contributed by atoms with Gasteiger partial charge in [0, 0.05) is 0 Å². The topological polar surface area (TPSA) is 84.8 Å². The predicted molar refractivity (Wildman–Crippen MR) is 148 cm³/mol. The van der Waals surface area contributed by atoms with E-state index in [9.17, 15) is 5.11 Å². The first-order valence-electron chi connectivity index (χ1n) is 11.9. The van der Waals surface area contributed by atoms with Crippen LogP contribution >= 0.6 is 6.83 Å². The fourth-order valence-corrected chi connectivity index (χ4v) is 11.9. The SMILES string of the molecule is CCOP(CCO)(c1c(OC)cccc1OC)(c1c(OC)cccc1OC)c1c(OC)cccc1OC. The second-order valence-electron chi connectivity index (χ2n) is 8.11. The van der Waals surface area contributed by atoms with Crippen LogP contribution in [0.1, 0.15) is 6.92 Å². The van der Waals surface area contributed by atoms with Gasteiger partial charge in [-0.2, -0.15) is 0 Å². The molecule has 0 atom stereocenters. The van der Waals surface area contributed by atoms with Crippen LogP contribution in [0.4, 0.5) is 0 Å². The van der Waals surface area contributed by atoms with Crippen molar-refractivity contribution in [3.05, 3.63) is 54.6 Å². The molecule has 0 aliphatic carbocycles. The van der Waals surface area contributed by atoms with Gasteiger partial charge >= 0.3 is 219 Å². The van der Waals surface area contributed by atoms with E-state index in [0.717, 1.165) is 0 Å². The summed E-state index contributed by atoms with van der Waals surface area (Å²) in [6.07, 6.45) is 0.129. The zero-order valence-corrected chi connectivity index (χ0v) is 23.5. The summed E-state index contributed by atoms with van der Waals surface area (Å²) in [5.74, 6) is 3.08. The van der Waals surface area contributed by atoms with Crippen molar-refractivity contribution in [1.82, 2.24) is 0 Å². The van der Waals surface area contributed by atoms with Gasteiger partial charge in [-0.1, -0.05) is 0 Å². The molecule has 0 aliphatic rings. The number of hydrogen-bond acceptors (Lipinski definition) is 8. The summed E-state index contributed by atoms with van der Waals surface area (Å²) in [7, 11) is 9.55. The maximum atomic E-state index is 10.9. The Balaban J connectivity index is 2.90. The standard InChI is InChI=1S/C28H37O8P/c1-8-36-37(19-18-29,26-20(30-2)12-9-13-21(26)31-3,27-22(32-4)14-10-15-23(27)33-5)28-24(34-6)16-11-17-25(28)35-7/h9-17,29H,8,18-19H2,1-7H3. The van der Waals surface area contributed by atoms with Gasteiger partial charge in [0.2, 0.25) is 0 Å². The Morgan fingerprint density at radius 3 is 1.00 bits per heavy atom. The molecule has 9 heteroatoms. The van der Waals surface area contributed by atoms with Crippen LogP contribution in [0.15, 0.2) is 54.6 Å². The van der Waals surface area contributed by atoms with Crippen LogP contribution in [-0.4, -0.2) is 67.1 Å². The molecule has 3 aromatic rings. The van der Waals surface area contributed by atoms with Gasteiger partial charge in [0.15, 0.2) is 0 Å². The molecular formula is C28H37O8P. The molecule has 0 aromatic heterocycles. The summed E-state index contributed by atoms with van der Waals surface area (Å²) in [4.78, 5) is 0. The summed E-state index contributed by atoms with van der Waals surface area (Å²) in [5.41, 5.74) is 0. The fourth-order valence-electron chi connectivity index (χ4n) is 5.30. The van der Waals surface area contributed by atoms with Crippen LogP contribution in [0.2, 0.25) is 0 Å². The van der Waals surface area contributed by atoms with Gasteiger partial charge in [0.05, 0.1) is 0 Å². The van der Waals surface area contributed by atoms with Crippen molar-refractivity contribution in [3.8, 4) is 34.5 Å². The first-order chi connectivity index (χ1) is 18.0. The minimum absolute atomic E-state index is 0.129. The second kappa shape index (κ2) is 11.9. The molecule has 3 aromatic carbocycles. The van der Waals surface area contributed by atoms with E-state index < -0.39 is 6.83 Å². The Labute approximate surface area is 219 Å². The number of hydrogen-bond donors (Lipinski definition) is 1. The number of aliphatic hydroxyl groups is 1. The average Bonchev–Trinajstić information content (AvgIpc) is 2.95. The van der Waals surface area contributed by atoms with Crippen molar-refractivity contribution >= 4 is 22.7 Å². The molecule has 0 aliphatic heterocycles. The van der Waals surface area contributed by atoms with Gasteiger partial charge in [-0.25, -0.2) is 0 Å². The van der Waals surface area contributed by atoms with Gasteiger partial charge in [-0.05, 0) is 0 Å². The van der Waals surface area contributed by atoms with Crippen LogP contribution < -0.4 is 44.3 Å². The Morgan fingerprint density at radius 1 is 0.541 bits per heavy atom. The third kappa shape index (κ3) is 4.33. The maximum absolute atomic E-state index is 10.9. The normalized spacial score (nSPS) is 12.3. The first-order valence-corrected chi connectivity index (χ1v) is 14.2. The Bertz CT molecular complexity index is 999. The summed E-state index contributed by atoms with van der Waals surface area (Å²) < 4.78 is 43.0. The van der Waals surface area contributed by atoms with Crippen molar-refractivity contribution in [2.75, 3.05) is 62.0 Å². The van der Waals surface area contributed by atoms with Crippen molar-refractivity contribution in [2.24, 2.45) is 0 Å². The van der Waals surface area contributed by atoms with Gasteiger partial charge in [-0.3, -0.25) is 0 Å². The minimum atomic E-state index is -4.41. The van der Waals surface area contributed by atoms with Crippen molar-refractivity contribution in [1.29, 1.82) is 0 Å². The van der Waals surface area contributed by atoms with E-state index in [2.05, 4.69) is 0 Å². The monoisotopic (exact) mass is 532 g/mol. The zero-order valence-electron chi connectivity index (χ0n) is 22.6. The van der Waals surface area contributed by atoms with Gasteiger partial charge < -0.3 is 0 Å². The summed E-state index contributed by atoms with van der Waals surface area (Å²) in [6, 6.07) is 16.6. The fraction of sp³-hybridized carbons (Fsp3) is 0.357. The van der Waals surface area contributed by atoms with E-state index in [4.69, 9.17) is 32.9 Å². The predicted octanol–water partition coefficient (Wildman–Crippen LogP) is 3.51. The number of aliphatic hydroxyl groups excluding tert-OH is 1. The van der Waals surface area contributed by atoms with Gasteiger partial charge in [0.1, 0.15) is 0 Å². The van der Waals surface area contributed by atoms with E-state index in [1.165, 1.54) is 0 Å². The van der Waals surface area contributed by atoms with Crippen LogP contribution in [0, 0.1) is 0 Å². The van der Waals surface area contributed by atoms with Crippen LogP contribution in [-0.2, 0) is 4.52 Å². The van der Waals surface area contributed by atoms with Crippen LogP contribution in [0.3, 0.4) is 0 Å². The Morgan fingerprint density at radius 2 is 0.811 bits per heavy atom. The number of methoxy groups -OCH3 is 6.